The van der Waals surface area contributed by atoms with E-state index in [1.807, 2.05) is 6.92 Å². The number of carbonyl (C=O) groups excluding carboxylic acids is 1. The topological polar surface area (TPSA) is 41.1 Å². The molecule has 2 aromatic carbocycles. The molecule has 0 unspecified atom stereocenters. The number of benzene rings is 2. The van der Waals surface area contributed by atoms with Gasteiger partial charge >= 0.3 is 6.18 Å². The van der Waals surface area contributed by atoms with Gasteiger partial charge in [-0.1, -0.05) is 11.6 Å². The van der Waals surface area contributed by atoms with E-state index in [1.165, 1.54) is 12.1 Å². The number of nitrogens with one attached hydrogen (secondary N) is 2. The molecule has 122 valence electrons. The molecule has 0 aliphatic heterocycles. The largest absolute Gasteiger partial charge is 0.416 e. The van der Waals surface area contributed by atoms with Crippen LogP contribution in [0.1, 0.15) is 11.1 Å². The Morgan fingerprint density at radius 3 is 2.35 bits per heavy atom. The van der Waals surface area contributed by atoms with Gasteiger partial charge in [0.1, 0.15) is 0 Å². The van der Waals surface area contributed by atoms with Crippen LogP contribution in [-0.2, 0) is 11.0 Å². The lowest BCUT2D eigenvalue weighted by atomic mass is 10.2. The van der Waals surface area contributed by atoms with E-state index < -0.39 is 11.7 Å². The molecule has 2 N–H and O–H groups in total. The van der Waals surface area contributed by atoms with Gasteiger partial charge < -0.3 is 10.6 Å². The predicted molar refractivity (Wildman–Crippen MR) is 84.8 cm³/mol. The molecule has 2 rings (SSSR count). The van der Waals surface area contributed by atoms with Crippen molar-refractivity contribution in [2.24, 2.45) is 0 Å². The number of amides is 1. The number of rotatable bonds is 4. The summed E-state index contributed by atoms with van der Waals surface area (Å²) in [7, 11) is 0. The first kappa shape index (κ1) is 17.1. The Bertz CT molecular complexity index is 699. The molecular formula is C16H14ClF3N2O. The Morgan fingerprint density at radius 1 is 1.13 bits per heavy atom. The molecule has 0 saturated carbocycles. The predicted octanol–water partition coefficient (Wildman–Crippen LogP) is 4.72. The van der Waals surface area contributed by atoms with E-state index in [4.69, 9.17) is 11.6 Å². The van der Waals surface area contributed by atoms with Crippen LogP contribution in [0.25, 0.3) is 0 Å². The van der Waals surface area contributed by atoms with Crippen molar-refractivity contribution in [3.05, 3.63) is 58.6 Å². The normalized spacial score (nSPS) is 11.2. The molecule has 2 aromatic rings. The number of halogens is 4. The van der Waals surface area contributed by atoms with Crippen LogP contribution in [0.5, 0.6) is 0 Å². The van der Waals surface area contributed by atoms with Crippen LogP contribution in [0.15, 0.2) is 42.5 Å². The minimum Gasteiger partial charge on any atom is -0.376 e. The lowest BCUT2D eigenvalue weighted by molar-refractivity contribution is -0.137. The van der Waals surface area contributed by atoms with Crippen molar-refractivity contribution in [3.8, 4) is 0 Å². The fourth-order valence-corrected chi connectivity index (χ4v) is 2.15. The highest BCUT2D eigenvalue weighted by molar-refractivity contribution is 6.30. The Kier molecular flexibility index (Phi) is 5.15. The molecular weight excluding hydrogens is 329 g/mol. The van der Waals surface area contributed by atoms with Gasteiger partial charge in [-0.3, -0.25) is 4.79 Å². The molecule has 0 saturated heterocycles. The standard InChI is InChI=1S/C16H14ClF3N2O/c1-10-8-12(17)4-7-14(10)22-15(23)9-21-13-5-2-11(3-6-13)16(18,19)20/h2-8,21H,9H2,1H3,(H,22,23). The third kappa shape index (κ3) is 4.89. The molecule has 0 bridgehead atoms. The maximum absolute atomic E-state index is 12.4. The zero-order valence-corrected chi connectivity index (χ0v) is 12.9. The van der Waals surface area contributed by atoms with Crippen molar-refractivity contribution in [1.82, 2.24) is 0 Å². The van der Waals surface area contributed by atoms with Crippen LogP contribution in [-0.4, -0.2) is 12.5 Å². The number of alkyl halides is 3. The lowest BCUT2D eigenvalue weighted by Crippen LogP contribution is -2.22. The monoisotopic (exact) mass is 342 g/mol. The zero-order valence-electron chi connectivity index (χ0n) is 12.2. The van der Waals surface area contributed by atoms with Crippen LogP contribution in [0.3, 0.4) is 0 Å². The molecule has 0 fully saturated rings. The van der Waals surface area contributed by atoms with Crippen LogP contribution < -0.4 is 10.6 Å². The first-order chi connectivity index (χ1) is 10.8. The molecule has 0 aliphatic carbocycles. The number of carbonyl (C=O) groups is 1. The Balaban J connectivity index is 1.91. The van der Waals surface area contributed by atoms with Crippen LogP contribution in [0, 0.1) is 6.92 Å². The summed E-state index contributed by atoms with van der Waals surface area (Å²) < 4.78 is 37.3. The van der Waals surface area contributed by atoms with Gasteiger partial charge in [0.2, 0.25) is 5.91 Å². The number of aryl methyl sites for hydroxylation is 1. The van der Waals surface area contributed by atoms with E-state index >= 15 is 0 Å². The Labute approximate surface area is 136 Å². The van der Waals surface area contributed by atoms with E-state index in [1.54, 1.807) is 18.2 Å². The average Bonchev–Trinajstić information content (AvgIpc) is 2.47. The van der Waals surface area contributed by atoms with Crippen molar-refractivity contribution in [2.75, 3.05) is 17.2 Å². The summed E-state index contributed by atoms with van der Waals surface area (Å²) >= 11 is 5.83. The summed E-state index contributed by atoms with van der Waals surface area (Å²) in [4.78, 5) is 11.9. The van der Waals surface area contributed by atoms with Gasteiger partial charge in [0.05, 0.1) is 12.1 Å². The first-order valence-electron chi connectivity index (χ1n) is 6.73. The van der Waals surface area contributed by atoms with Gasteiger partial charge in [0, 0.05) is 16.4 Å². The summed E-state index contributed by atoms with van der Waals surface area (Å²) in [5.41, 5.74) is 1.15. The van der Waals surface area contributed by atoms with Crippen LogP contribution in [0.2, 0.25) is 5.02 Å². The Hall–Kier alpha value is -2.21. The molecule has 0 aliphatic rings. The highest BCUT2D eigenvalue weighted by atomic mass is 35.5. The fraction of sp³-hybridized carbons (Fsp3) is 0.188. The van der Waals surface area contributed by atoms with Crippen molar-refractivity contribution >= 4 is 28.9 Å². The molecule has 0 spiro atoms. The van der Waals surface area contributed by atoms with E-state index in [0.717, 1.165) is 17.7 Å². The summed E-state index contributed by atoms with van der Waals surface area (Å²) in [5, 5.41) is 6.04. The molecule has 1 amide bonds. The highest BCUT2D eigenvalue weighted by Gasteiger charge is 2.29. The Morgan fingerprint density at radius 2 is 1.78 bits per heavy atom. The number of anilines is 2. The molecule has 3 nitrogen and oxygen atoms in total. The van der Waals surface area contributed by atoms with Crippen molar-refractivity contribution < 1.29 is 18.0 Å². The van der Waals surface area contributed by atoms with Crippen molar-refractivity contribution in [2.45, 2.75) is 13.1 Å². The maximum Gasteiger partial charge on any atom is 0.416 e. The van der Waals surface area contributed by atoms with E-state index in [-0.39, 0.29) is 12.5 Å². The van der Waals surface area contributed by atoms with Crippen LogP contribution >= 0.6 is 11.6 Å². The summed E-state index contributed by atoms with van der Waals surface area (Å²) in [6, 6.07) is 9.56. The highest BCUT2D eigenvalue weighted by Crippen LogP contribution is 2.29. The average molecular weight is 343 g/mol. The molecule has 23 heavy (non-hydrogen) atoms. The molecule has 0 radical (unpaired) electrons. The number of hydrogen-bond acceptors (Lipinski definition) is 2. The van der Waals surface area contributed by atoms with Crippen LogP contribution in [0.4, 0.5) is 24.5 Å². The minimum absolute atomic E-state index is 0.0621. The lowest BCUT2D eigenvalue weighted by Gasteiger charge is -2.11. The second-order valence-electron chi connectivity index (χ2n) is 4.94. The minimum atomic E-state index is -4.37. The number of hydrogen-bond donors (Lipinski definition) is 2. The zero-order chi connectivity index (χ0) is 17.0. The second kappa shape index (κ2) is 6.91. The van der Waals surface area contributed by atoms with E-state index in [2.05, 4.69) is 10.6 Å². The summed E-state index contributed by atoms with van der Waals surface area (Å²) in [6.07, 6.45) is -4.37. The van der Waals surface area contributed by atoms with Crippen molar-refractivity contribution in [1.29, 1.82) is 0 Å². The molecule has 0 aromatic heterocycles. The van der Waals surface area contributed by atoms with Gasteiger partial charge in [-0.2, -0.15) is 13.2 Å². The third-order valence-electron chi connectivity index (χ3n) is 3.13. The van der Waals surface area contributed by atoms with E-state index in [9.17, 15) is 18.0 Å². The van der Waals surface area contributed by atoms with Gasteiger partial charge in [-0.25, -0.2) is 0 Å². The quantitative estimate of drug-likeness (QED) is 0.844. The summed E-state index contributed by atoms with van der Waals surface area (Å²) in [5.74, 6) is -0.310. The summed E-state index contributed by atoms with van der Waals surface area (Å²) in [6.45, 7) is 1.75. The fourth-order valence-electron chi connectivity index (χ4n) is 1.92. The first-order valence-corrected chi connectivity index (χ1v) is 7.10. The maximum atomic E-state index is 12.4. The van der Waals surface area contributed by atoms with Gasteiger partial charge in [-0.05, 0) is 55.0 Å². The smallest absolute Gasteiger partial charge is 0.376 e. The SMILES string of the molecule is Cc1cc(Cl)ccc1NC(=O)CNc1ccc(C(F)(F)F)cc1. The third-order valence-corrected chi connectivity index (χ3v) is 3.36. The van der Waals surface area contributed by atoms with Crippen molar-refractivity contribution in [3.63, 3.8) is 0 Å². The molecule has 7 heteroatoms. The van der Waals surface area contributed by atoms with Gasteiger partial charge in [-0.15, -0.1) is 0 Å². The van der Waals surface area contributed by atoms with E-state index in [0.29, 0.717) is 16.4 Å². The second-order valence-corrected chi connectivity index (χ2v) is 5.37. The van der Waals surface area contributed by atoms with Gasteiger partial charge in [0.15, 0.2) is 0 Å². The molecule has 0 heterocycles. The molecule has 0 atom stereocenters. The van der Waals surface area contributed by atoms with Gasteiger partial charge in [0.25, 0.3) is 0 Å².